The highest BCUT2D eigenvalue weighted by atomic mass is 16.6. The summed E-state index contributed by atoms with van der Waals surface area (Å²) in [6.07, 6.45) is 3.13. The Morgan fingerprint density at radius 2 is 1.76 bits per heavy atom. The zero-order valence-corrected chi connectivity index (χ0v) is 9.30. The molecule has 0 heterocycles. The number of hydrogen-bond acceptors (Lipinski definition) is 4. The maximum atomic E-state index is 10.6. The minimum atomic E-state index is -0.488. The molecule has 0 radical (unpaired) electrons. The summed E-state index contributed by atoms with van der Waals surface area (Å²) in [4.78, 5) is 10.1. The van der Waals surface area contributed by atoms with Gasteiger partial charge in [-0.15, -0.1) is 0 Å². The first-order valence-corrected chi connectivity index (χ1v) is 4.95. The molecule has 0 N–H and O–H groups in total. The van der Waals surface area contributed by atoms with Gasteiger partial charge >= 0.3 is 0 Å². The number of nitro groups is 1. The van der Waals surface area contributed by atoms with Crippen molar-refractivity contribution in [1.82, 2.24) is 0 Å². The van der Waals surface area contributed by atoms with Crippen molar-refractivity contribution in [2.45, 2.75) is 0 Å². The molecule has 0 aliphatic rings. The number of ether oxygens (including phenoxy) is 2. The van der Waals surface area contributed by atoms with Crippen LogP contribution in [0.1, 0.15) is 0 Å². The molecule has 90 valence electrons. The van der Waals surface area contributed by atoms with Gasteiger partial charge in [-0.25, -0.2) is 0 Å². The average molecular weight is 235 g/mol. The van der Waals surface area contributed by atoms with E-state index in [0.717, 1.165) is 0 Å². The molecule has 0 atom stereocenters. The Kier molecular flexibility index (Phi) is 4.75. The van der Waals surface area contributed by atoms with Crippen molar-refractivity contribution in [2.24, 2.45) is 0 Å². The molecule has 1 aromatic carbocycles. The fourth-order valence-corrected chi connectivity index (χ4v) is 1.14. The van der Waals surface area contributed by atoms with Crippen molar-refractivity contribution in [3.8, 4) is 11.5 Å². The standard InChI is InChI=1S/C12H13NO4/c1-3-7-16-11-6-5-10(13(14)15)9-12(11)17-8-4-2/h3-6,9H,1-2,7-8H2. The van der Waals surface area contributed by atoms with Gasteiger partial charge in [0.1, 0.15) is 13.2 Å². The Hall–Kier alpha value is -2.30. The van der Waals surface area contributed by atoms with Gasteiger partial charge in [0, 0.05) is 6.07 Å². The van der Waals surface area contributed by atoms with Crippen LogP contribution in [-0.4, -0.2) is 18.1 Å². The van der Waals surface area contributed by atoms with Crippen LogP contribution >= 0.6 is 0 Å². The van der Waals surface area contributed by atoms with Crippen LogP contribution in [0.5, 0.6) is 11.5 Å². The lowest BCUT2D eigenvalue weighted by molar-refractivity contribution is -0.385. The molecule has 5 heteroatoms. The second kappa shape index (κ2) is 6.32. The van der Waals surface area contributed by atoms with E-state index in [2.05, 4.69) is 13.2 Å². The summed E-state index contributed by atoms with van der Waals surface area (Å²) >= 11 is 0. The summed E-state index contributed by atoms with van der Waals surface area (Å²) < 4.78 is 10.6. The quantitative estimate of drug-likeness (QED) is 0.414. The van der Waals surface area contributed by atoms with Gasteiger partial charge < -0.3 is 9.47 Å². The third-order valence-corrected chi connectivity index (χ3v) is 1.85. The molecule has 0 spiro atoms. The maximum absolute atomic E-state index is 10.6. The van der Waals surface area contributed by atoms with Gasteiger partial charge in [0.2, 0.25) is 0 Å². The Morgan fingerprint density at radius 1 is 1.18 bits per heavy atom. The predicted molar refractivity (Wildman–Crippen MR) is 64.5 cm³/mol. The molecular weight excluding hydrogens is 222 g/mol. The molecule has 0 saturated carbocycles. The van der Waals surface area contributed by atoms with Crippen molar-refractivity contribution >= 4 is 5.69 Å². The van der Waals surface area contributed by atoms with E-state index in [-0.39, 0.29) is 12.3 Å². The van der Waals surface area contributed by atoms with Gasteiger partial charge in [0.05, 0.1) is 11.0 Å². The van der Waals surface area contributed by atoms with E-state index in [1.807, 2.05) is 0 Å². The summed E-state index contributed by atoms with van der Waals surface area (Å²) in [5.41, 5.74) is -0.0463. The van der Waals surface area contributed by atoms with E-state index in [4.69, 9.17) is 9.47 Å². The summed E-state index contributed by atoms with van der Waals surface area (Å²) in [6, 6.07) is 4.18. The monoisotopic (exact) mass is 235 g/mol. The zero-order valence-electron chi connectivity index (χ0n) is 9.30. The number of nitrogens with zero attached hydrogens (tertiary/aromatic N) is 1. The lowest BCUT2D eigenvalue weighted by Crippen LogP contribution is -2.00. The molecule has 0 fully saturated rings. The summed E-state index contributed by atoms with van der Waals surface area (Å²) in [6.45, 7) is 7.60. The Morgan fingerprint density at radius 3 is 2.29 bits per heavy atom. The molecule has 0 aliphatic heterocycles. The molecule has 0 aromatic heterocycles. The van der Waals surface area contributed by atoms with Crippen molar-refractivity contribution in [1.29, 1.82) is 0 Å². The van der Waals surface area contributed by atoms with E-state index in [1.165, 1.54) is 18.2 Å². The van der Waals surface area contributed by atoms with E-state index in [0.29, 0.717) is 18.1 Å². The Balaban J connectivity index is 2.97. The normalized spacial score (nSPS) is 9.41. The molecule has 17 heavy (non-hydrogen) atoms. The van der Waals surface area contributed by atoms with Crippen molar-refractivity contribution in [3.63, 3.8) is 0 Å². The first-order chi connectivity index (χ1) is 8.19. The van der Waals surface area contributed by atoms with Gasteiger partial charge in [-0.3, -0.25) is 10.1 Å². The van der Waals surface area contributed by atoms with Crippen LogP contribution in [-0.2, 0) is 0 Å². The van der Waals surface area contributed by atoms with Gasteiger partial charge in [-0.05, 0) is 6.07 Å². The molecular formula is C12H13NO4. The minimum absolute atomic E-state index is 0.0463. The van der Waals surface area contributed by atoms with Crippen LogP contribution in [0, 0.1) is 10.1 Å². The molecule has 0 aliphatic carbocycles. The number of non-ortho nitro benzene ring substituents is 1. The fraction of sp³-hybridized carbons (Fsp3) is 0.167. The third kappa shape index (κ3) is 3.64. The van der Waals surface area contributed by atoms with Crippen LogP contribution in [0.15, 0.2) is 43.5 Å². The minimum Gasteiger partial charge on any atom is -0.486 e. The van der Waals surface area contributed by atoms with Crippen LogP contribution < -0.4 is 9.47 Å². The highest BCUT2D eigenvalue weighted by Gasteiger charge is 2.12. The highest BCUT2D eigenvalue weighted by Crippen LogP contribution is 2.31. The van der Waals surface area contributed by atoms with Crippen LogP contribution in [0.2, 0.25) is 0 Å². The Bertz CT molecular complexity index is 429. The zero-order chi connectivity index (χ0) is 12.7. The van der Waals surface area contributed by atoms with Crippen LogP contribution in [0.4, 0.5) is 5.69 Å². The second-order valence-corrected chi connectivity index (χ2v) is 3.09. The molecule has 0 bridgehead atoms. The van der Waals surface area contributed by atoms with Crippen molar-refractivity contribution in [3.05, 3.63) is 53.6 Å². The molecule has 1 aromatic rings. The van der Waals surface area contributed by atoms with Crippen molar-refractivity contribution < 1.29 is 14.4 Å². The lowest BCUT2D eigenvalue weighted by Gasteiger charge is -2.10. The molecule has 1 rings (SSSR count). The smallest absolute Gasteiger partial charge is 0.273 e. The average Bonchev–Trinajstić information content (AvgIpc) is 2.34. The summed E-state index contributed by atoms with van der Waals surface area (Å²) in [7, 11) is 0. The number of rotatable bonds is 7. The van der Waals surface area contributed by atoms with Crippen LogP contribution in [0.3, 0.4) is 0 Å². The molecule has 5 nitrogen and oxygen atoms in total. The third-order valence-electron chi connectivity index (χ3n) is 1.85. The van der Waals surface area contributed by atoms with Gasteiger partial charge in [-0.1, -0.05) is 25.3 Å². The molecule has 0 saturated heterocycles. The number of nitro benzene ring substituents is 1. The number of benzene rings is 1. The first kappa shape index (κ1) is 12.8. The van der Waals surface area contributed by atoms with E-state index < -0.39 is 4.92 Å². The van der Waals surface area contributed by atoms with Gasteiger partial charge in [0.25, 0.3) is 5.69 Å². The molecule has 0 amide bonds. The SMILES string of the molecule is C=CCOc1ccc([N+](=O)[O-])cc1OCC=C. The van der Waals surface area contributed by atoms with Gasteiger partial charge in [-0.2, -0.15) is 0 Å². The van der Waals surface area contributed by atoms with Crippen molar-refractivity contribution in [2.75, 3.05) is 13.2 Å². The summed E-state index contributed by atoms with van der Waals surface area (Å²) in [5, 5.41) is 10.6. The van der Waals surface area contributed by atoms with Gasteiger partial charge in [0.15, 0.2) is 11.5 Å². The summed E-state index contributed by atoms with van der Waals surface area (Å²) in [5.74, 6) is 0.762. The van der Waals surface area contributed by atoms with E-state index >= 15 is 0 Å². The number of hydrogen-bond donors (Lipinski definition) is 0. The van der Waals surface area contributed by atoms with E-state index in [9.17, 15) is 10.1 Å². The second-order valence-electron chi connectivity index (χ2n) is 3.09. The largest absolute Gasteiger partial charge is 0.486 e. The topological polar surface area (TPSA) is 61.6 Å². The Labute approximate surface area is 99.1 Å². The lowest BCUT2D eigenvalue weighted by atomic mass is 10.3. The fourth-order valence-electron chi connectivity index (χ4n) is 1.14. The highest BCUT2D eigenvalue weighted by molar-refractivity contribution is 5.48. The first-order valence-electron chi connectivity index (χ1n) is 4.95. The predicted octanol–water partition coefficient (Wildman–Crippen LogP) is 2.72. The van der Waals surface area contributed by atoms with Crippen LogP contribution in [0.25, 0.3) is 0 Å². The maximum Gasteiger partial charge on any atom is 0.273 e. The molecule has 0 unspecified atom stereocenters. The van der Waals surface area contributed by atoms with E-state index in [1.54, 1.807) is 12.2 Å².